The zero-order valence-electron chi connectivity index (χ0n) is 27.3. The maximum atomic E-state index is 12.7. The lowest BCUT2D eigenvalue weighted by molar-refractivity contribution is -0.151. The molecule has 0 spiro atoms. The van der Waals surface area contributed by atoms with Gasteiger partial charge in [0.25, 0.3) is 0 Å². The van der Waals surface area contributed by atoms with Gasteiger partial charge in [-0.15, -0.1) is 0 Å². The minimum absolute atomic E-state index is 0.315. The molecular formula is C40H49NO4. The van der Waals surface area contributed by atoms with Gasteiger partial charge in [0.15, 0.2) is 6.10 Å². The number of hydrogen-bond acceptors (Lipinski definition) is 4. The van der Waals surface area contributed by atoms with E-state index in [1.807, 2.05) is 61.5 Å². The molecule has 1 aliphatic rings. The van der Waals surface area contributed by atoms with Crippen LogP contribution in [-0.2, 0) is 16.0 Å². The van der Waals surface area contributed by atoms with Crippen LogP contribution in [0.15, 0.2) is 91.0 Å². The van der Waals surface area contributed by atoms with Crippen molar-refractivity contribution >= 4 is 5.97 Å². The first-order chi connectivity index (χ1) is 22.0. The SMILES string of the molecule is CCCCCC1CCC(COc2ccc(-n3c(C)ccc3-c3ccc(O[C@H](Cc4ccccc4)C(=O)OCC)cc3)cc2)CC1. The van der Waals surface area contributed by atoms with Crippen LogP contribution in [0, 0.1) is 18.8 Å². The molecule has 1 aromatic heterocycles. The number of rotatable bonds is 15. The van der Waals surface area contributed by atoms with Gasteiger partial charge in [-0.3, -0.25) is 0 Å². The van der Waals surface area contributed by atoms with Crippen LogP contribution in [0.2, 0.25) is 0 Å². The molecule has 0 radical (unpaired) electrons. The fourth-order valence-electron chi connectivity index (χ4n) is 6.49. The molecule has 1 atom stereocenters. The van der Waals surface area contributed by atoms with Gasteiger partial charge >= 0.3 is 5.97 Å². The highest BCUT2D eigenvalue weighted by molar-refractivity contribution is 5.75. The van der Waals surface area contributed by atoms with Gasteiger partial charge < -0.3 is 18.8 Å². The van der Waals surface area contributed by atoms with E-state index >= 15 is 0 Å². The van der Waals surface area contributed by atoms with Crippen LogP contribution < -0.4 is 9.47 Å². The summed E-state index contributed by atoms with van der Waals surface area (Å²) >= 11 is 0. The Morgan fingerprint density at radius 1 is 0.800 bits per heavy atom. The van der Waals surface area contributed by atoms with E-state index in [-0.39, 0.29) is 5.97 Å². The fourth-order valence-corrected chi connectivity index (χ4v) is 6.49. The van der Waals surface area contributed by atoms with E-state index in [2.05, 4.69) is 54.8 Å². The third-order valence-corrected chi connectivity index (χ3v) is 9.08. The Labute approximate surface area is 269 Å². The normalized spacial score (nSPS) is 17.0. The third-order valence-electron chi connectivity index (χ3n) is 9.08. The molecule has 45 heavy (non-hydrogen) atoms. The first-order valence-corrected chi connectivity index (χ1v) is 16.9. The number of ether oxygens (including phenoxy) is 3. The minimum atomic E-state index is -0.712. The van der Waals surface area contributed by atoms with Crippen molar-refractivity contribution in [3.63, 3.8) is 0 Å². The molecule has 238 valence electrons. The summed E-state index contributed by atoms with van der Waals surface area (Å²) in [5.41, 5.74) is 5.43. The van der Waals surface area contributed by atoms with Gasteiger partial charge in [-0.1, -0.05) is 75.8 Å². The summed E-state index contributed by atoms with van der Waals surface area (Å²) in [6, 6.07) is 30.6. The van der Waals surface area contributed by atoms with Gasteiger partial charge in [-0.2, -0.15) is 0 Å². The van der Waals surface area contributed by atoms with Crippen LogP contribution in [-0.4, -0.2) is 29.9 Å². The molecule has 1 saturated carbocycles. The monoisotopic (exact) mass is 607 g/mol. The molecule has 1 fully saturated rings. The van der Waals surface area contributed by atoms with Gasteiger partial charge in [-0.05, 0) is 110 Å². The summed E-state index contributed by atoms with van der Waals surface area (Å²) in [7, 11) is 0. The first kappa shape index (κ1) is 32.4. The average molecular weight is 608 g/mol. The zero-order valence-corrected chi connectivity index (χ0v) is 27.3. The number of nitrogens with zero attached hydrogens (tertiary/aromatic N) is 1. The summed E-state index contributed by atoms with van der Waals surface area (Å²) in [4.78, 5) is 12.7. The lowest BCUT2D eigenvalue weighted by Crippen LogP contribution is -2.31. The summed E-state index contributed by atoms with van der Waals surface area (Å²) in [5.74, 6) is 2.81. The molecule has 0 bridgehead atoms. The highest BCUT2D eigenvalue weighted by Gasteiger charge is 2.23. The second-order valence-corrected chi connectivity index (χ2v) is 12.5. The van der Waals surface area contributed by atoms with Crippen LogP contribution in [0.4, 0.5) is 0 Å². The molecule has 0 amide bonds. The van der Waals surface area contributed by atoms with Crippen molar-refractivity contribution in [2.75, 3.05) is 13.2 Å². The number of aromatic nitrogens is 1. The molecule has 5 heteroatoms. The predicted octanol–water partition coefficient (Wildman–Crippen LogP) is 9.77. The van der Waals surface area contributed by atoms with E-state index in [9.17, 15) is 4.79 Å². The van der Waals surface area contributed by atoms with E-state index in [1.165, 1.54) is 51.4 Å². The van der Waals surface area contributed by atoms with E-state index in [1.54, 1.807) is 0 Å². The highest BCUT2D eigenvalue weighted by Crippen LogP contribution is 2.33. The Bertz CT molecular complexity index is 1450. The van der Waals surface area contributed by atoms with Gasteiger partial charge in [0, 0.05) is 17.8 Å². The lowest BCUT2D eigenvalue weighted by atomic mass is 9.80. The van der Waals surface area contributed by atoms with Crippen LogP contribution in [0.1, 0.15) is 76.5 Å². The molecule has 3 aromatic carbocycles. The summed E-state index contributed by atoms with van der Waals surface area (Å²) in [6.45, 7) is 7.35. The Morgan fingerprint density at radius 3 is 2.18 bits per heavy atom. The fraction of sp³-hybridized carbons (Fsp3) is 0.425. The van der Waals surface area contributed by atoms with Gasteiger partial charge in [-0.25, -0.2) is 4.79 Å². The van der Waals surface area contributed by atoms with Crippen molar-refractivity contribution in [1.82, 2.24) is 4.57 Å². The van der Waals surface area contributed by atoms with Crippen molar-refractivity contribution < 1.29 is 19.0 Å². The number of hydrogen-bond donors (Lipinski definition) is 0. The van der Waals surface area contributed by atoms with E-state index in [4.69, 9.17) is 14.2 Å². The van der Waals surface area contributed by atoms with Crippen LogP contribution >= 0.6 is 0 Å². The molecular weight excluding hydrogens is 558 g/mol. The van der Waals surface area contributed by atoms with Crippen molar-refractivity contribution in [1.29, 1.82) is 0 Å². The number of benzene rings is 3. The standard InChI is InChI=1S/C40H49NO4/c1-4-6-8-11-31-15-17-33(18-16-31)29-44-36-25-21-35(22-26-36)41-30(3)14-27-38(41)34-19-23-37(24-20-34)45-39(40(42)43-5-2)28-32-12-9-7-10-13-32/h7,9-10,12-14,19-27,31,33,39H,4-6,8,11,15-18,28-29H2,1-3H3/t31?,33?,39-/m1/s1. The Hall–Kier alpha value is -3.99. The highest BCUT2D eigenvalue weighted by atomic mass is 16.6. The number of aryl methyl sites for hydroxylation is 1. The molecule has 0 saturated heterocycles. The van der Waals surface area contributed by atoms with Crippen LogP contribution in [0.5, 0.6) is 11.5 Å². The molecule has 0 N–H and O–H groups in total. The molecule has 0 aliphatic heterocycles. The van der Waals surface area contributed by atoms with Crippen molar-refractivity contribution in [3.05, 3.63) is 102 Å². The van der Waals surface area contributed by atoms with Crippen LogP contribution in [0.25, 0.3) is 16.9 Å². The smallest absolute Gasteiger partial charge is 0.347 e. The van der Waals surface area contributed by atoms with E-state index in [0.717, 1.165) is 46.5 Å². The zero-order chi connectivity index (χ0) is 31.4. The number of carbonyl (C=O) groups is 1. The van der Waals surface area contributed by atoms with Crippen molar-refractivity contribution in [3.8, 4) is 28.4 Å². The minimum Gasteiger partial charge on any atom is -0.493 e. The third kappa shape index (κ3) is 9.03. The predicted molar refractivity (Wildman–Crippen MR) is 182 cm³/mol. The Kier molecular flexibility index (Phi) is 11.8. The van der Waals surface area contributed by atoms with Crippen molar-refractivity contribution in [2.45, 2.75) is 84.7 Å². The maximum Gasteiger partial charge on any atom is 0.347 e. The Morgan fingerprint density at radius 2 is 1.49 bits per heavy atom. The van der Waals surface area contributed by atoms with Gasteiger partial charge in [0.2, 0.25) is 0 Å². The molecule has 4 aromatic rings. The van der Waals surface area contributed by atoms with Crippen LogP contribution in [0.3, 0.4) is 0 Å². The Balaban J connectivity index is 1.20. The largest absolute Gasteiger partial charge is 0.493 e. The van der Waals surface area contributed by atoms with E-state index in [0.29, 0.717) is 24.7 Å². The molecule has 1 aliphatic carbocycles. The second-order valence-electron chi connectivity index (χ2n) is 12.5. The average Bonchev–Trinajstić information content (AvgIpc) is 3.46. The summed E-state index contributed by atoms with van der Waals surface area (Å²) in [5, 5.41) is 0. The summed E-state index contributed by atoms with van der Waals surface area (Å²) in [6.07, 6.45) is 10.5. The molecule has 0 unspecified atom stereocenters. The second kappa shape index (κ2) is 16.4. The number of carbonyl (C=O) groups excluding carboxylic acids is 1. The maximum absolute atomic E-state index is 12.7. The lowest BCUT2D eigenvalue weighted by Gasteiger charge is -2.28. The van der Waals surface area contributed by atoms with Gasteiger partial charge in [0.1, 0.15) is 11.5 Å². The number of unbranched alkanes of at least 4 members (excludes halogenated alkanes) is 2. The van der Waals surface area contributed by atoms with Gasteiger partial charge in [0.05, 0.1) is 18.9 Å². The quantitative estimate of drug-likeness (QED) is 0.0997. The summed E-state index contributed by atoms with van der Waals surface area (Å²) < 4.78 is 20.0. The topological polar surface area (TPSA) is 49.7 Å². The van der Waals surface area contributed by atoms with E-state index < -0.39 is 6.10 Å². The number of esters is 1. The molecule has 5 rings (SSSR count). The first-order valence-electron chi connectivity index (χ1n) is 16.9. The van der Waals surface area contributed by atoms with Crippen molar-refractivity contribution in [2.24, 2.45) is 11.8 Å². The molecule has 1 heterocycles. The molecule has 5 nitrogen and oxygen atoms in total.